The van der Waals surface area contributed by atoms with E-state index in [0.29, 0.717) is 43.6 Å². The Bertz CT molecular complexity index is 1010. The Kier molecular flexibility index (Phi) is 5.67. The van der Waals surface area contributed by atoms with Crippen molar-refractivity contribution in [1.82, 2.24) is 14.9 Å². The van der Waals surface area contributed by atoms with Crippen molar-refractivity contribution in [1.29, 1.82) is 0 Å². The van der Waals surface area contributed by atoms with Crippen LogP contribution in [0.2, 0.25) is 10.0 Å². The fourth-order valence-electron chi connectivity index (χ4n) is 2.41. The van der Waals surface area contributed by atoms with E-state index in [-0.39, 0.29) is 17.0 Å². The molecule has 0 N–H and O–H groups in total. The second-order valence-corrected chi connectivity index (χ2v) is 7.06. The minimum absolute atomic E-state index is 0. The fourth-order valence-corrected chi connectivity index (χ4v) is 3.77. The maximum atomic E-state index is 13.5. The van der Waals surface area contributed by atoms with E-state index < -0.39 is 11.6 Å². The summed E-state index contributed by atoms with van der Waals surface area (Å²) in [5.41, 5.74) is 1.75. The van der Waals surface area contributed by atoms with E-state index >= 15 is 0 Å². The Morgan fingerprint density at radius 1 is 0.923 bits per heavy atom. The maximum absolute atomic E-state index is 13.5. The molecule has 0 saturated carbocycles. The molecule has 0 radical (unpaired) electrons. The summed E-state index contributed by atoms with van der Waals surface area (Å²) in [5, 5.41) is 14.3. The van der Waals surface area contributed by atoms with E-state index in [1.807, 2.05) is 0 Å². The molecule has 0 fully saturated rings. The van der Waals surface area contributed by atoms with Crippen molar-refractivity contribution in [2.24, 2.45) is 5.10 Å². The molecule has 1 aliphatic rings. The smallest absolute Gasteiger partial charge is 0.204 e. The molecular weight excluding hydrogens is 469 g/mol. The Labute approximate surface area is 172 Å². The van der Waals surface area contributed by atoms with E-state index in [0.717, 1.165) is 12.1 Å². The van der Waals surface area contributed by atoms with Crippen LogP contribution < -0.4 is 0 Å². The highest BCUT2D eigenvalue weighted by Crippen LogP contribution is 2.31. The third kappa shape index (κ3) is 3.64. The summed E-state index contributed by atoms with van der Waals surface area (Å²) < 4.78 is 28.2. The molecule has 26 heavy (non-hydrogen) atoms. The van der Waals surface area contributed by atoms with Crippen molar-refractivity contribution in [3.8, 4) is 11.4 Å². The van der Waals surface area contributed by atoms with Crippen LogP contribution in [0.1, 0.15) is 5.56 Å². The highest BCUT2D eigenvalue weighted by Gasteiger charge is 2.21. The molecule has 0 amide bonds. The largest absolute Gasteiger partial charge is 0.212 e. The van der Waals surface area contributed by atoms with Crippen molar-refractivity contribution in [2.45, 2.75) is 5.16 Å². The topological polar surface area (TPSA) is 43.1 Å². The van der Waals surface area contributed by atoms with Crippen molar-refractivity contribution in [2.75, 3.05) is 5.75 Å². The first kappa shape index (κ1) is 19.3. The number of benzene rings is 2. The highest BCUT2D eigenvalue weighted by atomic mass is 79.9. The van der Waals surface area contributed by atoms with E-state index in [2.05, 4.69) is 15.3 Å². The summed E-state index contributed by atoms with van der Waals surface area (Å²) in [6.45, 7) is 0. The first-order valence-corrected chi connectivity index (χ1v) is 8.83. The van der Waals surface area contributed by atoms with Gasteiger partial charge in [0.25, 0.3) is 0 Å². The van der Waals surface area contributed by atoms with Gasteiger partial charge in [0.2, 0.25) is 5.16 Å². The minimum Gasteiger partial charge on any atom is -0.204 e. The second-order valence-electron chi connectivity index (χ2n) is 5.24. The van der Waals surface area contributed by atoms with Crippen LogP contribution >= 0.6 is 51.9 Å². The molecule has 4 rings (SSSR count). The van der Waals surface area contributed by atoms with Gasteiger partial charge in [0, 0.05) is 26.9 Å². The first-order valence-electron chi connectivity index (χ1n) is 7.09. The normalized spacial score (nSPS) is 13.0. The molecule has 134 valence electrons. The van der Waals surface area contributed by atoms with Gasteiger partial charge in [0.05, 0.1) is 5.71 Å². The second kappa shape index (κ2) is 7.64. The zero-order valence-corrected chi connectivity index (χ0v) is 16.8. The molecule has 3 aromatic rings. The predicted octanol–water partition coefficient (Wildman–Crippen LogP) is 5.47. The van der Waals surface area contributed by atoms with Gasteiger partial charge in [-0.15, -0.1) is 27.2 Å². The van der Waals surface area contributed by atoms with E-state index in [4.69, 9.17) is 23.2 Å². The Hall–Kier alpha value is -1.48. The molecule has 0 bridgehead atoms. The third-order valence-electron chi connectivity index (χ3n) is 3.54. The van der Waals surface area contributed by atoms with Crippen LogP contribution in [-0.4, -0.2) is 26.3 Å². The lowest BCUT2D eigenvalue weighted by atomic mass is 10.1. The fraction of sp³-hybridized carbons (Fsp3) is 0.0625. The molecule has 0 unspecified atom stereocenters. The van der Waals surface area contributed by atoms with Crippen LogP contribution in [0.4, 0.5) is 8.78 Å². The van der Waals surface area contributed by atoms with E-state index in [1.54, 1.807) is 22.9 Å². The van der Waals surface area contributed by atoms with E-state index in [1.165, 1.54) is 17.8 Å². The van der Waals surface area contributed by atoms with Crippen molar-refractivity contribution in [3.63, 3.8) is 0 Å². The zero-order chi connectivity index (χ0) is 17.6. The molecule has 2 heterocycles. The average molecular weight is 478 g/mol. The summed E-state index contributed by atoms with van der Waals surface area (Å²) in [5.74, 6) is -0.875. The molecule has 0 atom stereocenters. The molecule has 10 heteroatoms. The minimum atomic E-state index is -0.915. The third-order valence-corrected chi connectivity index (χ3v) is 4.91. The molecule has 0 aliphatic carbocycles. The van der Waals surface area contributed by atoms with Crippen molar-refractivity contribution >= 4 is 57.7 Å². The lowest BCUT2D eigenvalue weighted by Gasteiger charge is -2.14. The lowest BCUT2D eigenvalue weighted by molar-refractivity contribution is 0.508. The number of thioether (sulfide) groups is 1. The number of hydrogen-bond donors (Lipinski definition) is 0. The summed E-state index contributed by atoms with van der Waals surface area (Å²) in [6, 6.07) is 8.72. The SMILES string of the molecule is Br.Fc1ccc(C2=Nn3c(nnc3-c3cc(Cl)cc(Cl)c3)SC2)cc1F. The van der Waals surface area contributed by atoms with Gasteiger partial charge in [0.1, 0.15) is 0 Å². The lowest BCUT2D eigenvalue weighted by Crippen LogP contribution is -2.14. The highest BCUT2D eigenvalue weighted by molar-refractivity contribution is 8.93. The van der Waals surface area contributed by atoms with Crippen LogP contribution in [0.3, 0.4) is 0 Å². The average Bonchev–Trinajstić information content (AvgIpc) is 2.99. The van der Waals surface area contributed by atoms with Gasteiger partial charge in [0.15, 0.2) is 17.5 Å². The summed E-state index contributed by atoms with van der Waals surface area (Å²) in [7, 11) is 0. The maximum Gasteiger partial charge on any atom is 0.212 e. The van der Waals surface area contributed by atoms with Gasteiger partial charge in [-0.1, -0.05) is 35.0 Å². The number of hydrogen-bond acceptors (Lipinski definition) is 4. The summed E-state index contributed by atoms with van der Waals surface area (Å²) >= 11 is 13.5. The van der Waals surface area contributed by atoms with Crippen LogP contribution in [-0.2, 0) is 0 Å². The van der Waals surface area contributed by atoms with Crippen LogP contribution in [0.15, 0.2) is 46.7 Å². The van der Waals surface area contributed by atoms with Crippen LogP contribution in [0.25, 0.3) is 11.4 Å². The molecule has 2 aromatic carbocycles. The van der Waals surface area contributed by atoms with Gasteiger partial charge in [-0.05, 0) is 36.4 Å². The van der Waals surface area contributed by atoms with E-state index in [9.17, 15) is 8.78 Å². The summed E-state index contributed by atoms with van der Waals surface area (Å²) in [6.07, 6.45) is 0. The number of aromatic nitrogens is 3. The molecule has 1 aromatic heterocycles. The Balaban J connectivity index is 0.00000196. The molecule has 4 nitrogen and oxygen atoms in total. The molecule has 0 spiro atoms. The van der Waals surface area contributed by atoms with Crippen molar-refractivity contribution < 1.29 is 8.78 Å². The molecule has 1 aliphatic heterocycles. The van der Waals surface area contributed by atoms with Gasteiger partial charge in [-0.2, -0.15) is 9.78 Å². The Morgan fingerprint density at radius 2 is 1.65 bits per heavy atom. The zero-order valence-electron chi connectivity index (χ0n) is 12.8. The number of nitrogens with zero attached hydrogens (tertiary/aromatic N) is 4. The standard InChI is InChI=1S/C16H8Cl2F2N4S.BrH/c17-10-3-9(4-11(18)6-10)15-21-22-16-24(15)23-14(7-25-16)8-1-2-12(19)13(20)5-8;/h1-6H,7H2;1H. The molecule has 0 saturated heterocycles. The number of halogens is 5. The van der Waals surface area contributed by atoms with Crippen LogP contribution in [0, 0.1) is 11.6 Å². The van der Waals surface area contributed by atoms with Gasteiger partial charge >= 0.3 is 0 Å². The van der Waals surface area contributed by atoms with Gasteiger partial charge < -0.3 is 0 Å². The quantitative estimate of drug-likeness (QED) is 0.491. The Morgan fingerprint density at radius 3 is 2.35 bits per heavy atom. The van der Waals surface area contributed by atoms with Gasteiger partial charge in [-0.3, -0.25) is 0 Å². The number of fused-ring (bicyclic) bond motifs is 1. The number of rotatable bonds is 2. The van der Waals surface area contributed by atoms with Crippen molar-refractivity contribution in [3.05, 3.63) is 63.6 Å². The predicted molar refractivity (Wildman–Crippen MR) is 105 cm³/mol. The molecular formula is C16H9BrCl2F2N4S. The summed E-state index contributed by atoms with van der Waals surface area (Å²) in [4.78, 5) is 0. The first-order chi connectivity index (χ1) is 12.0. The van der Waals surface area contributed by atoms with Gasteiger partial charge in [-0.25, -0.2) is 8.78 Å². The van der Waals surface area contributed by atoms with Crippen LogP contribution in [0.5, 0.6) is 0 Å². The monoisotopic (exact) mass is 476 g/mol.